The number of hydrogen-bond acceptors (Lipinski definition) is 3. The predicted molar refractivity (Wildman–Crippen MR) is 89.5 cm³/mol. The molecule has 0 unspecified atom stereocenters. The summed E-state index contributed by atoms with van der Waals surface area (Å²) in [6, 6.07) is 3.84. The largest absolute Gasteiger partial charge is 0.477 e. The van der Waals surface area contributed by atoms with Crippen LogP contribution in [-0.4, -0.2) is 16.6 Å². The standard InChI is InChI=1S/C8H10BrNO.C6H5BrClN/c1-3-11-8-7(9)6(2)4-5-10-8;1-4-2-3-9-6(8)5(4)7/h4-5H,3H2,1-2H3;2-3H,1H3. The second kappa shape index (κ2) is 8.60. The average Bonchev–Trinajstić information content (AvgIpc) is 2.42. The van der Waals surface area contributed by atoms with Crippen molar-refractivity contribution >= 4 is 43.5 Å². The van der Waals surface area contributed by atoms with Gasteiger partial charge < -0.3 is 4.74 Å². The Bertz CT molecular complexity index is 559. The van der Waals surface area contributed by atoms with E-state index in [1.54, 1.807) is 12.4 Å². The highest BCUT2D eigenvalue weighted by molar-refractivity contribution is 9.11. The summed E-state index contributed by atoms with van der Waals surface area (Å²) in [5.41, 5.74) is 2.25. The van der Waals surface area contributed by atoms with Crippen LogP contribution in [0.3, 0.4) is 0 Å². The van der Waals surface area contributed by atoms with Crippen LogP contribution in [0.2, 0.25) is 5.15 Å². The van der Waals surface area contributed by atoms with E-state index in [-0.39, 0.29) is 0 Å². The van der Waals surface area contributed by atoms with Crippen molar-refractivity contribution in [2.45, 2.75) is 20.8 Å². The zero-order valence-electron chi connectivity index (χ0n) is 11.5. The normalized spacial score (nSPS) is 9.70. The molecule has 0 amide bonds. The van der Waals surface area contributed by atoms with Crippen LogP contribution in [0.15, 0.2) is 33.5 Å². The Kier molecular flexibility index (Phi) is 7.48. The van der Waals surface area contributed by atoms with Gasteiger partial charge in [-0.05, 0) is 75.9 Å². The third kappa shape index (κ3) is 5.04. The van der Waals surface area contributed by atoms with Crippen LogP contribution < -0.4 is 4.74 Å². The lowest BCUT2D eigenvalue weighted by molar-refractivity contribution is 0.324. The van der Waals surface area contributed by atoms with E-state index in [9.17, 15) is 0 Å². The molecular weight excluding hydrogens is 407 g/mol. The van der Waals surface area contributed by atoms with Crippen LogP contribution >= 0.6 is 43.5 Å². The summed E-state index contributed by atoms with van der Waals surface area (Å²) in [5, 5.41) is 0.523. The molecule has 0 aliphatic carbocycles. The average molecular weight is 423 g/mol. The fourth-order valence-corrected chi connectivity index (χ4v) is 2.05. The summed E-state index contributed by atoms with van der Waals surface area (Å²) < 4.78 is 7.09. The van der Waals surface area contributed by atoms with Crippen LogP contribution in [0.1, 0.15) is 18.1 Å². The molecule has 2 aromatic heterocycles. The Morgan fingerprint density at radius 2 is 1.60 bits per heavy atom. The molecule has 0 saturated heterocycles. The van der Waals surface area contributed by atoms with E-state index in [1.807, 2.05) is 32.9 Å². The minimum absolute atomic E-state index is 0.523. The van der Waals surface area contributed by atoms with Gasteiger partial charge in [-0.25, -0.2) is 9.97 Å². The molecule has 2 heterocycles. The Morgan fingerprint density at radius 3 is 2.10 bits per heavy atom. The van der Waals surface area contributed by atoms with Crippen molar-refractivity contribution in [3.8, 4) is 5.88 Å². The van der Waals surface area contributed by atoms with Gasteiger partial charge in [0.1, 0.15) is 5.15 Å². The molecule has 108 valence electrons. The first kappa shape index (κ1) is 17.4. The van der Waals surface area contributed by atoms with E-state index in [0.29, 0.717) is 17.6 Å². The van der Waals surface area contributed by atoms with E-state index >= 15 is 0 Å². The maximum Gasteiger partial charge on any atom is 0.228 e. The summed E-state index contributed by atoms with van der Waals surface area (Å²) in [6.07, 6.45) is 3.42. The highest BCUT2D eigenvalue weighted by Gasteiger charge is 2.02. The molecule has 0 bridgehead atoms. The molecule has 0 aliphatic heterocycles. The van der Waals surface area contributed by atoms with Crippen LogP contribution in [0.5, 0.6) is 5.88 Å². The van der Waals surface area contributed by atoms with Crippen molar-refractivity contribution in [2.75, 3.05) is 6.61 Å². The molecule has 2 aromatic rings. The van der Waals surface area contributed by atoms with Gasteiger partial charge >= 0.3 is 0 Å². The second-order valence-corrected chi connectivity index (χ2v) is 5.86. The summed E-state index contributed by atoms with van der Waals surface area (Å²) in [7, 11) is 0. The number of pyridine rings is 2. The maximum absolute atomic E-state index is 5.66. The first-order valence-corrected chi connectivity index (χ1v) is 7.94. The number of nitrogens with zero attached hydrogens (tertiary/aromatic N) is 2. The van der Waals surface area contributed by atoms with E-state index in [2.05, 4.69) is 41.8 Å². The lowest BCUT2D eigenvalue weighted by Gasteiger charge is -2.04. The van der Waals surface area contributed by atoms with E-state index < -0.39 is 0 Å². The fraction of sp³-hybridized carbons (Fsp3) is 0.286. The van der Waals surface area contributed by atoms with E-state index in [4.69, 9.17) is 16.3 Å². The van der Waals surface area contributed by atoms with Crippen molar-refractivity contribution in [3.05, 3.63) is 49.8 Å². The van der Waals surface area contributed by atoms with Crippen molar-refractivity contribution < 1.29 is 4.74 Å². The van der Waals surface area contributed by atoms with Gasteiger partial charge in [-0.3, -0.25) is 0 Å². The van der Waals surface area contributed by atoms with Gasteiger partial charge in [-0.15, -0.1) is 0 Å². The molecule has 6 heteroatoms. The fourth-order valence-electron chi connectivity index (χ4n) is 1.26. The zero-order chi connectivity index (χ0) is 15.1. The molecule has 0 fully saturated rings. The van der Waals surface area contributed by atoms with Gasteiger partial charge in [0.25, 0.3) is 0 Å². The molecule has 0 aliphatic rings. The smallest absolute Gasteiger partial charge is 0.228 e. The van der Waals surface area contributed by atoms with Gasteiger partial charge in [0.2, 0.25) is 5.88 Å². The second-order valence-electron chi connectivity index (χ2n) is 3.91. The molecule has 0 aromatic carbocycles. The highest BCUT2D eigenvalue weighted by atomic mass is 79.9. The first-order chi connectivity index (χ1) is 9.47. The van der Waals surface area contributed by atoms with E-state index in [0.717, 1.165) is 20.1 Å². The molecule has 0 radical (unpaired) electrons. The van der Waals surface area contributed by atoms with Gasteiger partial charge in [-0.1, -0.05) is 11.6 Å². The van der Waals surface area contributed by atoms with Gasteiger partial charge in [0.05, 0.1) is 15.6 Å². The lowest BCUT2D eigenvalue weighted by atomic mass is 10.3. The van der Waals surface area contributed by atoms with Gasteiger partial charge in [0, 0.05) is 12.4 Å². The lowest BCUT2D eigenvalue weighted by Crippen LogP contribution is -1.95. The number of hydrogen-bond donors (Lipinski definition) is 0. The molecule has 0 saturated carbocycles. The summed E-state index contributed by atoms with van der Waals surface area (Å²) in [4.78, 5) is 7.92. The van der Waals surface area contributed by atoms with Crippen LogP contribution in [-0.2, 0) is 0 Å². The third-order valence-corrected chi connectivity index (χ3v) is 4.85. The molecule has 0 atom stereocenters. The Labute approximate surface area is 141 Å². The summed E-state index contributed by atoms with van der Waals surface area (Å²) in [6.45, 7) is 6.57. The maximum atomic E-state index is 5.66. The molecule has 20 heavy (non-hydrogen) atoms. The van der Waals surface area contributed by atoms with Crippen LogP contribution in [0.4, 0.5) is 0 Å². The number of aromatic nitrogens is 2. The number of halogens is 3. The highest BCUT2D eigenvalue weighted by Crippen LogP contribution is 2.25. The monoisotopic (exact) mass is 420 g/mol. The minimum atomic E-state index is 0.523. The Hall–Kier alpha value is -0.650. The van der Waals surface area contributed by atoms with Crippen molar-refractivity contribution in [1.29, 1.82) is 0 Å². The van der Waals surface area contributed by atoms with E-state index in [1.165, 1.54) is 0 Å². The molecule has 0 N–H and O–H groups in total. The number of ether oxygens (including phenoxy) is 1. The summed E-state index contributed by atoms with van der Waals surface area (Å²) in [5.74, 6) is 0.674. The SMILES string of the molecule is CCOc1nccc(C)c1Br.Cc1ccnc(Cl)c1Br. The molecular formula is C14H15Br2ClN2O. The van der Waals surface area contributed by atoms with Gasteiger partial charge in [0.15, 0.2) is 0 Å². The number of aryl methyl sites for hydroxylation is 2. The zero-order valence-corrected chi connectivity index (χ0v) is 15.4. The molecule has 3 nitrogen and oxygen atoms in total. The quantitative estimate of drug-likeness (QED) is 0.612. The van der Waals surface area contributed by atoms with Gasteiger partial charge in [-0.2, -0.15) is 0 Å². The third-order valence-electron chi connectivity index (χ3n) is 2.37. The van der Waals surface area contributed by atoms with Crippen molar-refractivity contribution in [1.82, 2.24) is 9.97 Å². The number of rotatable bonds is 2. The molecule has 0 spiro atoms. The predicted octanol–water partition coefficient (Wildman–Crippen LogP) is 5.36. The van der Waals surface area contributed by atoms with Crippen molar-refractivity contribution in [3.63, 3.8) is 0 Å². The minimum Gasteiger partial charge on any atom is -0.477 e. The van der Waals surface area contributed by atoms with Crippen molar-refractivity contribution in [2.24, 2.45) is 0 Å². The molecule has 2 rings (SSSR count). The summed E-state index contributed by atoms with van der Waals surface area (Å²) >= 11 is 12.3. The Morgan fingerprint density at radius 1 is 1.05 bits per heavy atom. The Balaban J connectivity index is 0.000000204. The van der Waals surface area contributed by atoms with Crippen LogP contribution in [0, 0.1) is 13.8 Å². The first-order valence-electron chi connectivity index (χ1n) is 5.97. The topological polar surface area (TPSA) is 35.0 Å². The van der Waals surface area contributed by atoms with Crippen LogP contribution in [0.25, 0.3) is 0 Å².